The number of hydrogen-bond acceptors (Lipinski definition) is 5. The van der Waals surface area contributed by atoms with Crippen LogP contribution in [0.4, 0.5) is 5.82 Å². The molecule has 1 aromatic heterocycles. The highest BCUT2D eigenvalue weighted by molar-refractivity contribution is 5.94. The Morgan fingerprint density at radius 1 is 1.10 bits per heavy atom. The highest BCUT2D eigenvalue weighted by Crippen LogP contribution is 2.42. The van der Waals surface area contributed by atoms with Crippen molar-refractivity contribution in [2.45, 2.75) is 32.3 Å². The van der Waals surface area contributed by atoms with E-state index in [2.05, 4.69) is 10.3 Å². The van der Waals surface area contributed by atoms with Crippen LogP contribution in [0.1, 0.15) is 37.4 Å². The molecule has 0 fully saturated rings. The number of carbonyl (C=O) groups is 1. The summed E-state index contributed by atoms with van der Waals surface area (Å²) in [7, 11) is 3.21. The first-order chi connectivity index (χ1) is 14.5. The lowest BCUT2D eigenvalue weighted by Gasteiger charge is -2.25. The summed E-state index contributed by atoms with van der Waals surface area (Å²) < 4.78 is 18.7. The lowest BCUT2D eigenvalue weighted by atomic mass is 9.89. The zero-order valence-corrected chi connectivity index (χ0v) is 17.5. The van der Waals surface area contributed by atoms with Crippen LogP contribution in [0.2, 0.25) is 0 Å². The maximum Gasteiger partial charge on any atom is 0.226 e. The second kappa shape index (κ2) is 8.10. The molecule has 1 N–H and O–H groups in total. The normalized spacial score (nSPS) is 15.5. The maximum absolute atomic E-state index is 12.6. The number of ether oxygens (including phenoxy) is 3. The van der Waals surface area contributed by atoms with Gasteiger partial charge in [-0.05, 0) is 32.0 Å². The second-order valence-electron chi connectivity index (χ2n) is 7.40. The average molecular weight is 407 g/mol. The van der Waals surface area contributed by atoms with Gasteiger partial charge >= 0.3 is 0 Å². The summed E-state index contributed by atoms with van der Waals surface area (Å²) >= 11 is 0. The Kier molecular flexibility index (Phi) is 5.35. The van der Waals surface area contributed by atoms with Gasteiger partial charge in [-0.15, -0.1) is 0 Å². The number of hydrogen-bond donors (Lipinski definition) is 1. The molecule has 0 spiro atoms. The fraction of sp³-hybridized carbons (Fsp3) is 0.304. The number of nitrogens with one attached hydrogen (secondary N) is 1. The Hall–Kier alpha value is -3.48. The number of nitrogens with zero attached hydrogens (tertiary/aromatic N) is 2. The van der Waals surface area contributed by atoms with Crippen molar-refractivity contribution in [2.24, 2.45) is 0 Å². The van der Waals surface area contributed by atoms with Gasteiger partial charge in [-0.2, -0.15) is 0 Å². The molecule has 0 unspecified atom stereocenters. The van der Waals surface area contributed by atoms with Gasteiger partial charge in [0, 0.05) is 24.0 Å². The van der Waals surface area contributed by atoms with Gasteiger partial charge in [0.1, 0.15) is 29.4 Å². The SMILES string of the molecule is COc1ccc(-n2cnc3c2NC(=O)C[C@@H]3c2ccccc2OC(C)C)c(OC)c1. The molecule has 4 rings (SSSR count). The van der Waals surface area contributed by atoms with E-state index in [0.29, 0.717) is 23.7 Å². The molecule has 7 heteroatoms. The topological polar surface area (TPSA) is 74.6 Å². The van der Waals surface area contributed by atoms with Crippen LogP contribution in [0.5, 0.6) is 17.2 Å². The number of fused-ring (bicyclic) bond motifs is 1. The number of rotatable bonds is 6. The first-order valence-electron chi connectivity index (χ1n) is 9.87. The fourth-order valence-electron chi connectivity index (χ4n) is 3.76. The highest BCUT2D eigenvalue weighted by Gasteiger charge is 2.33. The molecule has 1 atom stereocenters. The minimum atomic E-state index is -0.200. The average Bonchev–Trinajstić information content (AvgIpc) is 3.16. The van der Waals surface area contributed by atoms with E-state index in [0.717, 1.165) is 22.7 Å². The maximum atomic E-state index is 12.6. The molecule has 0 radical (unpaired) electrons. The number of carbonyl (C=O) groups excluding carboxylic acids is 1. The van der Waals surface area contributed by atoms with Crippen molar-refractivity contribution >= 4 is 11.7 Å². The van der Waals surface area contributed by atoms with Crippen LogP contribution in [-0.4, -0.2) is 35.8 Å². The lowest BCUT2D eigenvalue weighted by Crippen LogP contribution is -2.25. The van der Waals surface area contributed by atoms with Gasteiger partial charge in [-0.25, -0.2) is 4.98 Å². The zero-order valence-electron chi connectivity index (χ0n) is 17.5. The van der Waals surface area contributed by atoms with Gasteiger partial charge in [0.2, 0.25) is 5.91 Å². The zero-order chi connectivity index (χ0) is 21.3. The minimum absolute atomic E-state index is 0.0316. The summed E-state index contributed by atoms with van der Waals surface area (Å²) in [5, 5.41) is 2.98. The number of anilines is 1. The fourth-order valence-corrected chi connectivity index (χ4v) is 3.76. The molecule has 0 saturated carbocycles. The Labute approximate surface area is 175 Å². The van der Waals surface area contributed by atoms with Crippen LogP contribution in [0, 0.1) is 0 Å². The van der Waals surface area contributed by atoms with Crippen molar-refractivity contribution in [1.82, 2.24) is 9.55 Å². The van der Waals surface area contributed by atoms with Gasteiger partial charge in [-0.3, -0.25) is 9.36 Å². The summed E-state index contributed by atoms with van der Waals surface area (Å²) in [6.07, 6.45) is 2.05. The summed E-state index contributed by atoms with van der Waals surface area (Å²) in [6.45, 7) is 3.97. The van der Waals surface area contributed by atoms with E-state index in [9.17, 15) is 4.79 Å². The Bertz CT molecular complexity index is 1070. The van der Waals surface area contributed by atoms with Crippen molar-refractivity contribution in [3.63, 3.8) is 0 Å². The van der Waals surface area contributed by atoms with E-state index in [4.69, 9.17) is 14.2 Å². The van der Waals surface area contributed by atoms with Gasteiger partial charge in [0.15, 0.2) is 0 Å². The molecule has 7 nitrogen and oxygen atoms in total. The van der Waals surface area contributed by atoms with E-state index in [-0.39, 0.29) is 17.9 Å². The summed E-state index contributed by atoms with van der Waals surface area (Å²) in [5.74, 6) is 2.45. The molecule has 30 heavy (non-hydrogen) atoms. The van der Waals surface area contributed by atoms with Crippen LogP contribution in [0.15, 0.2) is 48.8 Å². The Morgan fingerprint density at radius 3 is 2.63 bits per heavy atom. The predicted molar refractivity (Wildman–Crippen MR) is 114 cm³/mol. The van der Waals surface area contributed by atoms with Gasteiger partial charge in [0.05, 0.1) is 31.7 Å². The Morgan fingerprint density at radius 2 is 1.90 bits per heavy atom. The monoisotopic (exact) mass is 407 g/mol. The molecular formula is C23H25N3O4. The van der Waals surface area contributed by atoms with Crippen LogP contribution < -0.4 is 19.5 Å². The number of imidazole rings is 1. The van der Waals surface area contributed by atoms with E-state index in [1.54, 1.807) is 26.6 Å². The molecule has 0 saturated heterocycles. The van der Waals surface area contributed by atoms with E-state index in [1.807, 2.05) is 54.8 Å². The first kappa shape index (κ1) is 19.8. The number of amides is 1. The van der Waals surface area contributed by atoms with Gasteiger partial charge in [-0.1, -0.05) is 18.2 Å². The van der Waals surface area contributed by atoms with Gasteiger partial charge < -0.3 is 19.5 Å². The third-order valence-electron chi connectivity index (χ3n) is 5.08. The highest BCUT2D eigenvalue weighted by atomic mass is 16.5. The molecule has 3 aromatic rings. The van der Waals surface area contributed by atoms with Crippen molar-refractivity contribution in [1.29, 1.82) is 0 Å². The van der Waals surface area contributed by atoms with Crippen LogP contribution in [0.3, 0.4) is 0 Å². The Balaban J connectivity index is 1.81. The standard InChI is InChI=1S/C23H25N3O4/c1-14(2)30-19-8-6-5-7-16(19)17-12-21(27)25-23-22(17)24-13-26(23)18-10-9-15(28-3)11-20(18)29-4/h5-11,13-14,17H,12H2,1-4H3,(H,25,27)/t17-/m1/s1. The predicted octanol–water partition coefficient (Wildman–Crippen LogP) is 4.15. The van der Waals surface area contributed by atoms with Crippen molar-refractivity contribution in [2.75, 3.05) is 19.5 Å². The minimum Gasteiger partial charge on any atom is -0.497 e. The van der Waals surface area contributed by atoms with Crippen molar-refractivity contribution < 1.29 is 19.0 Å². The molecular weight excluding hydrogens is 382 g/mol. The number of methoxy groups -OCH3 is 2. The largest absolute Gasteiger partial charge is 0.497 e. The van der Waals surface area contributed by atoms with E-state index in [1.165, 1.54) is 0 Å². The molecule has 1 aliphatic rings. The summed E-state index contributed by atoms with van der Waals surface area (Å²) in [6, 6.07) is 13.4. The molecule has 156 valence electrons. The summed E-state index contributed by atoms with van der Waals surface area (Å²) in [5.41, 5.74) is 2.52. The second-order valence-corrected chi connectivity index (χ2v) is 7.40. The number of benzene rings is 2. The van der Waals surface area contributed by atoms with Crippen molar-refractivity contribution in [3.05, 3.63) is 60.0 Å². The number of aromatic nitrogens is 2. The van der Waals surface area contributed by atoms with Gasteiger partial charge in [0.25, 0.3) is 0 Å². The molecule has 0 aliphatic carbocycles. The number of para-hydroxylation sites is 1. The smallest absolute Gasteiger partial charge is 0.226 e. The van der Waals surface area contributed by atoms with Crippen molar-refractivity contribution in [3.8, 4) is 22.9 Å². The molecule has 1 amide bonds. The molecule has 2 aromatic carbocycles. The van der Waals surface area contributed by atoms with E-state index >= 15 is 0 Å². The molecule has 2 heterocycles. The lowest BCUT2D eigenvalue weighted by molar-refractivity contribution is -0.116. The quantitative estimate of drug-likeness (QED) is 0.664. The van der Waals surface area contributed by atoms with Crippen LogP contribution >= 0.6 is 0 Å². The van der Waals surface area contributed by atoms with Crippen LogP contribution in [0.25, 0.3) is 5.69 Å². The molecule has 1 aliphatic heterocycles. The van der Waals surface area contributed by atoms with E-state index < -0.39 is 0 Å². The summed E-state index contributed by atoms with van der Waals surface area (Å²) in [4.78, 5) is 17.3. The third kappa shape index (κ3) is 3.58. The first-order valence-corrected chi connectivity index (χ1v) is 9.87. The molecule has 0 bridgehead atoms. The van der Waals surface area contributed by atoms with Crippen LogP contribution in [-0.2, 0) is 4.79 Å². The third-order valence-corrected chi connectivity index (χ3v) is 5.08.